The quantitative estimate of drug-likeness (QED) is 0.918. The van der Waals surface area contributed by atoms with E-state index in [1.165, 1.54) is 30.7 Å². The van der Waals surface area contributed by atoms with E-state index in [1.807, 2.05) is 0 Å². The van der Waals surface area contributed by atoms with Crippen LogP contribution < -0.4 is 5.32 Å². The number of nitrogens with one attached hydrogen (secondary N) is 1. The van der Waals surface area contributed by atoms with Gasteiger partial charge in [-0.15, -0.1) is 0 Å². The summed E-state index contributed by atoms with van der Waals surface area (Å²) in [5, 5.41) is 2.63. The van der Waals surface area contributed by atoms with Crippen LogP contribution in [0.4, 0.5) is 10.1 Å². The van der Waals surface area contributed by atoms with Gasteiger partial charge in [-0.3, -0.25) is 4.79 Å². The first-order valence-corrected chi connectivity index (χ1v) is 5.25. The minimum atomic E-state index is -0.367. The molecule has 1 aromatic heterocycles. The molecule has 16 heavy (non-hydrogen) atoms. The average Bonchev–Trinajstić information content (AvgIpc) is 2.75. The monoisotopic (exact) mass is 283 g/mol. The summed E-state index contributed by atoms with van der Waals surface area (Å²) in [5.74, 6) is -0.672. The lowest BCUT2D eigenvalue weighted by atomic mass is 10.2. The molecule has 1 heterocycles. The summed E-state index contributed by atoms with van der Waals surface area (Å²) in [7, 11) is 0. The maximum atomic E-state index is 12.8. The van der Waals surface area contributed by atoms with E-state index in [0.717, 1.165) is 0 Å². The third-order valence-electron chi connectivity index (χ3n) is 1.96. The van der Waals surface area contributed by atoms with Crippen molar-refractivity contribution in [2.24, 2.45) is 0 Å². The molecule has 0 unspecified atom stereocenters. The van der Waals surface area contributed by atoms with Gasteiger partial charge in [-0.25, -0.2) is 4.39 Å². The van der Waals surface area contributed by atoms with Crippen molar-refractivity contribution in [2.75, 3.05) is 5.32 Å². The van der Waals surface area contributed by atoms with Gasteiger partial charge >= 0.3 is 0 Å². The van der Waals surface area contributed by atoms with Crippen molar-refractivity contribution >= 4 is 27.5 Å². The normalized spacial score (nSPS) is 10.1. The molecule has 3 nitrogen and oxygen atoms in total. The van der Waals surface area contributed by atoms with E-state index in [1.54, 1.807) is 6.07 Å². The molecule has 0 atom stereocenters. The summed E-state index contributed by atoms with van der Waals surface area (Å²) in [6.07, 6.45) is 2.75. The molecule has 5 heteroatoms. The van der Waals surface area contributed by atoms with Crippen LogP contribution in [0.2, 0.25) is 0 Å². The Kier molecular flexibility index (Phi) is 3.05. The van der Waals surface area contributed by atoms with Gasteiger partial charge in [-0.05, 0) is 40.2 Å². The first-order chi connectivity index (χ1) is 7.66. The largest absolute Gasteiger partial charge is 0.472 e. The third-order valence-corrected chi connectivity index (χ3v) is 2.62. The summed E-state index contributed by atoms with van der Waals surface area (Å²) in [5.41, 5.74) is 0.920. The second kappa shape index (κ2) is 4.49. The molecular formula is C11H7BrFNO2. The lowest BCUT2D eigenvalue weighted by Gasteiger charge is -2.05. The molecule has 0 aliphatic rings. The first-order valence-electron chi connectivity index (χ1n) is 4.45. The van der Waals surface area contributed by atoms with Crippen LogP contribution in [-0.2, 0) is 0 Å². The van der Waals surface area contributed by atoms with E-state index in [0.29, 0.717) is 15.7 Å². The number of furan rings is 1. The lowest BCUT2D eigenvalue weighted by molar-refractivity contribution is 0.102. The van der Waals surface area contributed by atoms with E-state index < -0.39 is 0 Å². The van der Waals surface area contributed by atoms with Gasteiger partial charge in [0.15, 0.2) is 0 Å². The van der Waals surface area contributed by atoms with Crippen LogP contribution >= 0.6 is 15.9 Å². The van der Waals surface area contributed by atoms with E-state index in [9.17, 15) is 9.18 Å². The number of carbonyl (C=O) groups is 1. The summed E-state index contributed by atoms with van der Waals surface area (Å²) < 4.78 is 18.1. The van der Waals surface area contributed by atoms with Crippen molar-refractivity contribution in [3.05, 3.63) is 52.6 Å². The molecular weight excluding hydrogens is 277 g/mol. The van der Waals surface area contributed by atoms with Gasteiger partial charge in [0.25, 0.3) is 5.91 Å². The summed E-state index contributed by atoms with van der Waals surface area (Å²) >= 11 is 3.16. The fourth-order valence-corrected chi connectivity index (χ4v) is 1.63. The Morgan fingerprint density at radius 2 is 2.19 bits per heavy atom. The molecule has 0 aliphatic carbocycles. The molecule has 0 saturated carbocycles. The van der Waals surface area contributed by atoms with E-state index in [4.69, 9.17) is 4.42 Å². The number of amides is 1. The van der Waals surface area contributed by atoms with Crippen molar-refractivity contribution in [3.63, 3.8) is 0 Å². The topological polar surface area (TPSA) is 42.2 Å². The van der Waals surface area contributed by atoms with Crippen molar-refractivity contribution < 1.29 is 13.6 Å². The number of rotatable bonds is 2. The van der Waals surface area contributed by atoms with E-state index in [2.05, 4.69) is 21.2 Å². The highest BCUT2D eigenvalue weighted by Gasteiger charge is 2.09. The Balaban J connectivity index is 2.18. The van der Waals surface area contributed by atoms with Crippen molar-refractivity contribution in [1.29, 1.82) is 0 Å². The third kappa shape index (κ3) is 2.30. The predicted molar refractivity (Wildman–Crippen MR) is 60.8 cm³/mol. The summed E-state index contributed by atoms with van der Waals surface area (Å²) in [6, 6.07) is 5.59. The molecule has 0 bridgehead atoms. The molecule has 1 N–H and O–H groups in total. The number of halogens is 2. The van der Waals surface area contributed by atoms with Gasteiger partial charge in [-0.2, -0.15) is 0 Å². The van der Waals surface area contributed by atoms with Crippen molar-refractivity contribution in [1.82, 2.24) is 0 Å². The molecule has 0 saturated heterocycles. The van der Waals surface area contributed by atoms with Gasteiger partial charge < -0.3 is 9.73 Å². The van der Waals surface area contributed by atoms with E-state index >= 15 is 0 Å². The first kappa shape index (κ1) is 10.9. The Hall–Kier alpha value is -1.62. The van der Waals surface area contributed by atoms with Crippen molar-refractivity contribution in [3.8, 4) is 0 Å². The summed E-state index contributed by atoms with van der Waals surface area (Å²) in [4.78, 5) is 11.6. The highest BCUT2D eigenvalue weighted by atomic mass is 79.9. The van der Waals surface area contributed by atoms with Crippen LogP contribution in [0.5, 0.6) is 0 Å². The maximum Gasteiger partial charge on any atom is 0.258 e. The number of carbonyl (C=O) groups excluding carboxylic acids is 1. The van der Waals surface area contributed by atoms with Crippen LogP contribution in [0.15, 0.2) is 45.7 Å². The van der Waals surface area contributed by atoms with Crippen LogP contribution in [-0.4, -0.2) is 5.91 Å². The minimum absolute atomic E-state index is 0.305. The zero-order chi connectivity index (χ0) is 11.5. The number of hydrogen-bond acceptors (Lipinski definition) is 2. The Morgan fingerprint density at radius 3 is 2.81 bits per heavy atom. The van der Waals surface area contributed by atoms with Crippen LogP contribution in [0.25, 0.3) is 0 Å². The number of hydrogen-bond donors (Lipinski definition) is 1. The van der Waals surface area contributed by atoms with Gasteiger partial charge in [0.05, 0.1) is 17.5 Å². The minimum Gasteiger partial charge on any atom is -0.472 e. The predicted octanol–water partition coefficient (Wildman–Crippen LogP) is 3.43. The van der Waals surface area contributed by atoms with Gasteiger partial charge in [0.2, 0.25) is 0 Å². The highest BCUT2D eigenvalue weighted by Crippen LogP contribution is 2.23. The molecule has 0 fully saturated rings. The average molecular weight is 284 g/mol. The molecule has 1 amide bonds. The van der Waals surface area contributed by atoms with Gasteiger partial charge in [0, 0.05) is 4.47 Å². The highest BCUT2D eigenvalue weighted by molar-refractivity contribution is 9.10. The Morgan fingerprint density at radius 1 is 1.38 bits per heavy atom. The fraction of sp³-hybridized carbons (Fsp3) is 0. The number of anilines is 1. The van der Waals surface area contributed by atoms with Gasteiger partial charge in [-0.1, -0.05) is 0 Å². The van der Waals surface area contributed by atoms with E-state index in [-0.39, 0.29) is 11.7 Å². The molecule has 82 valence electrons. The Labute approximate surface area is 99.4 Å². The molecule has 0 aliphatic heterocycles. The lowest BCUT2D eigenvalue weighted by Crippen LogP contribution is -2.11. The second-order valence-electron chi connectivity index (χ2n) is 3.09. The Bertz CT molecular complexity index is 511. The molecule has 2 rings (SSSR count). The maximum absolute atomic E-state index is 12.8. The summed E-state index contributed by atoms with van der Waals surface area (Å²) in [6.45, 7) is 0. The molecule has 2 aromatic rings. The standard InChI is InChI=1S/C11H7BrFNO2/c12-9-5-8(13)1-2-10(9)14-11(15)7-3-4-16-6-7/h1-6H,(H,14,15). The SMILES string of the molecule is O=C(Nc1ccc(F)cc1Br)c1ccoc1. The molecule has 1 aromatic carbocycles. The zero-order valence-electron chi connectivity index (χ0n) is 8.04. The van der Waals surface area contributed by atoms with Crippen molar-refractivity contribution in [2.45, 2.75) is 0 Å². The van der Waals surface area contributed by atoms with Crippen LogP contribution in [0.3, 0.4) is 0 Å². The smallest absolute Gasteiger partial charge is 0.258 e. The molecule has 0 spiro atoms. The fourth-order valence-electron chi connectivity index (χ4n) is 1.18. The van der Waals surface area contributed by atoms with Crippen LogP contribution in [0, 0.1) is 5.82 Å². The van der Waals surface area contributed by atoms with Crippen LogP contribution in [0.1, 0.15) is 10.4 Å². The number of benzene rings is 1. The van der Waals surface area contributed by atoms with Gasteiger partial charge in [0.1, 0.15) is 12.1 Å². The molecule has 0 radical (unpaired) electrons. The zero-order valence-corrected chi connectivity index (χ0v) is 9.62. The second-order valence-corrected chi connectivity index (χ2v) is 3.94.